The van der Waals surface area contributed by atoms with E-state index in [0.717, 1.165) is 16.8 Å². The highest BCUT2D eigenvalue weighted by molar-refractivity contribution is 6.07. The highest BCUT2D eigenvalue weighted by atomic mass is 16.2. The minimum Gasteiger partial charge on any atom is -0.354 e. The molecule has 5 heteroatoms. The largest absolute Gasteiger partial charge is 0.354 e. The second-order valence-corrected chi connectivity index (χ2v) is 5.71. The Labute approximate surface area is 118 Å². The summed E-state index contributed by atoms with van der Waals surface area (Å²) < 4.78 is 0. The van der Waals surface area contributed by atoms with E-state index in [9.17, 15) is 9.59 Å². The topological polar surface area (TPSA) is 75.4 Å². The van der Waals surface area contributed by atoms with Crippen molar-refractivity contribution in [3.63, 3.8) is 0 Å². The van der Waals surface area contributed by atoms with E-state index in [-0.39, 0.29) is 18.4 Å². The molecule has 1 saturated carbocycles. The van der Waals surface area contributed by atoms with Crippen LogP contribution in [0.5, 0.6) is 0 Å². The van der Waals surface area contributed by atoms with Gasteiger partial charge in [-0.05, 0) is 31.7 Å². The van der Waals surface area contributed by atoms with E-state index in [0.29, 0.717) is 12.5 Å². The maximum atomic E-state index is 12.2. The zero-order chi connectivity index (χ0) is 14.3. The molecule has 1 aromatic rings. The van der Waals surface area contributed by atoms with Crippen LogP contribution in [0.15, 0.2) is 18.2 Å². The van der Waals surface area contributed by atoms with Crippen LogP contribution in [0, 0.1) is 12.8 Å². The highest BCUT2D eigenvalue weighted by Gasteiger charge is 2.35. The van der Waals surface area contributed by atoms with E-state index in [1.54, 1.807) is 0 Å². The summed E-state index contributed by atoms with van der Waals surface area (Å²) in [5.74, 6) is 0.309. The fraction of sp³-hybridized carbons (Fsp3) is 0.467. The molecule has 0 radical (unpaired) electrons. The average molecular weight is 273 g/mol. The number of aryl methyl sites for hydroxylation is 1. The molecular weight excluding hydrogens is 254 g/mol. The van der Waals surface area contributed by atoms with Gasteiger partial charge in [0.25, 0.3) is 0 Å². The van der Waals surface area contributed by atoms with Crippen molar-refractivity contribution < 1.29 is 9.59 Å². The van der Waals surface area contributed by atoms with Gasteiger partial charge in [-0.15, -0.1) is 0 Å². The summed E-state index contributed by atoms with van der Waals surface area (Å²) in [6.45, 7) is 2.73. The molecule has 0 bridgehead atoms. The lowest BCUT2D eigenvalue weighted by Crippen LogP contribution is -2.41. The first-order valence-corrected chi connectivity index (χ1v) is 7.00. The lowest BCUT2D eigenvalue weighted by atomic mass is 10.1. The third kappa shape index (κ3) is 2.41. The average Bonchev–Trinajstić information content (AvgIpc) is 3.22. The molecule has 5 nitrogen and oxygen atoms in total. The Morgan fingerprint density at radius 1 is 1.45 bits per heavy atom. The smallest absolute Gasteiger partial charge is 0.249 e. The summed E-state index contributed by atoms with van der Waals surface area (Å²) in [4.78, 5) is 25.6. The monoisotopic (exact) mass is 273 g/mol. The number of rotatable bonds is 4. The van der Waals surface area contributed by atoms with Crippen LogP contribution in [-0.2, 0) is 9.59 Å². The summed E-state index contributed by atoms with van der Waals surface area (Å²) in [7, 11) is 0. The Kier molecular flexibility index (Phi) is 3.22. The molecule has 0 saturated heterocycles. The lowest BCUT2D eigenvalue weighted by molar-refractivity contribution is -0.124. The fourth-order valence-corrected chi connectivity index (χ4v) is 2.53. The maximum absolute atomic E-state index is 12.2. The number of carbonyl (C=O) groups excluding carboxylic acids is 2. The van der Waals surface area contributed by atoms with Gasteiger partial charge in [-0.1, -0.05) is 17.7 Å². The van der Waals surface area contributed by atoms with Gasteiger partial charge in [-0.2, -0.15) is 0 Å². The molecule has 1 heterocycles. The summed E-state index contributed by atoms with van der Waals surface area (Å²) in [5.41, 5.74) is 8.57. The molecule has 0 spiro atoms. The molecule has 1 aliphatic heterocycles. The molecule has 1 aromatic carbocycles. The summed E-state index contributed by atoms with van der Waals surface area (Å²) in [5, 5.41) is 2.88. The van der Waals surface area contributed by atoms with Crippen molar-refractivity contribution in [3.8, 4) is 0 Å². The van der Waals surface area contributed by atoms with Crippen molar-refractivity contribution in [2.75, 3.05) is 18.0 Å². The number of anilines is 1. The summed E-state index contributed by atoms with van der Waals surface area (Å²) in [6, 6.07) is 5.06. The Hall–Kier alpha value is -1.88. The Morgan fingerprint density at radius 2 is 2.20 bits per heavy atom. The molecule has 1 aliphatic carbocycles. The standard InChI is InChI=1S/C15H19N3O2/c1-9-2-5-12-11(6-9)14(16)15(20)18(12)8-13(19)17-7-10-3-4-10/h2,5-6,10,14H,3-4,7-8,16H2,1H3,(H,17,19). The van der Waals surface area contributed by atoms with Crippen molar-refractivity contribution in [2.24, 2.45) is 11.7 Å². The first-order valence-electron chi connectivity index (χ1n) is 7.00. The minimum atomic E-state index is -0.652. The number of fused-ring (bicyclic) bond motifs is 1. The van der Waals surface area contributed by atoms with Crippen molar-refractivity contribution in [1.82, 2.24) is 5.32 Å². The van der Waals surface area contributed by atoms with E-state index < -0.39 is 6.04 Å². The Morgan fingerprint density at radius 3 is 2.90 bits per heavy atom. The molecule has 2 aliphatic rings. The van der Waals surface area contributed by atoms with Gasteiger partial charge in [0.05, 0.1) is 0 Å². The second kappa shape index (κ2) is 4.90. The highest BCUT2D eigenvalue weighted by Crippen LogP contribution is 2.34. The number of benzene rings is 1. The molecule has 3 rings (SSSR count). The van der Waals surface area contributed by atoms with Crippen molar-refractivity contribution in [3.05, 3.63) is 29.3 Å². The Bertz CT molecular complexity index is 566. The number of carbonyl (C=O) groups is 2. The third-order valence-corrected chi connectivity index (χ3v) is 3.93. The molecular formula is C15H19N3O2. The van der Waals surface area contributed by atoms with Crippen LogP contribution < -0.4 is 16.0 Å². The zero-order valence-corrected chi connectivity index (χ0v) is 11.6. The quantitative estimate of drug-likeness (QED) is 0.854. The van der Waals surface area contributed by atoms with E-state index in [2.05, 4.69) is 5.32 Å². The van der Waals surface area contributed by atoms with E-state index in [4.69, 9.17) is 5.73 Å². The van der Waals surface area contributed by atoms with E-state index in [1.807, 2.05) is 25.1 Å². The molecule has 3 N–H and O–H groups in total. The zero-order valence-electron chi connectivity index (χ0n) is 11.6. The van der Waals surface area contributed by atoms with Crippen molar-refractivity contribution in [2.45, 2.75) is 25.8 Å². The number of hydrogen-bond acceptors (Lipinski definition) is 3. The molecule has 20 heavy (non-hydrogen) atoms. The van der Waals surface area contributed by atoms with Gasteiger partial charge >= 0.3 is 0 Å². The number of nitrogens with one attached hydrogen (secondary N) is 1. The molecule has 1 fully saturated rings. The van der Waals surface area contributed by atoms with Crippen LogP contribution >= 0.6 is 0 Å². The van der Waals surface area contributed by atoms with Gasteiger partial charge in [0.2, 0.25) is 11.8 Å². The van der Waals surface area contributed by atoms with Crippen LogP contribution in [0.4, 0.5) is 5.69 Å². The first kappa shape index (κ1) is 13.1. The summed E-state index contributed by atoms with van der Waals surface area (Å²) in [6.07, 6.45) is 2.38. The van der Waals surface area contributed by atoms with E-state index in [1.165, 1.54) is 17.7 Å². The van der Waals surface area contributed by atoms with Crippen molar-refractivity contribution >= 4 is 17.5 Å². The Balaban J connectivity index is 1.73. The van der Waals surface area contributed by atoms with Gasteiger partial charge in [-0.25, -0.2) is 0 Å². The van der Waals surface area contributed by atoms with Crippen LogP contribution in [0.3, 0.4) is 0 Å². The minimum absolute atomic E-state index is 0.0509. The second-order valence-electron chi connectivity index (χ2n) is 5.71. The SMILES string of the molecule is Cc1ccc2c(c1)C(N)C(=O)N2CC(=O)NCC1CC1. The number of nitrogens with zero attached hydrogens (tertiary/aromatic N) is 1. The maximum Gasteiger partial charge on any atom is 0.249 e. The summed E-state index contributed by atoms with van der Waals surface area (Å²) >= 11 is 0. The van der Waals surface area contributed by atoms with Gasteiger partial charge in [0.15, 0.2) is 0 Å². The van der Waals surface area contributed by atoms with Crippen LogP contribution in [0.25, 0.3) is 0 Å². The van der Waals surface area contributed by atoms with Crippen molar-refractivity contribution in [1.29, 1.82) is 0 Å². The molecule has 1 atom stereocenters. The van der Waals surface area contributed by atoms with Crippen LogP contribution in [0.2, 0.25) is 0 Å². The fourth-order valence-electron chi connectivity index (χ4n) is 2.53. The van der Waals surface area contributed by atoms with E-state index >= 15 is 0 Å². The molecule has 1 unspecified atom stereocenters. The van der Waals surface area contributed by atoms with Gasteiger partial charge in [0, 0.05) is 17.8 Å². The molecule has 2 amide bonds. The van der Waals surface area contributed by atoms with Crippen LogP contribution in [-0.4, -0.2) is 24.9 Å². The van der Waals surface area contributed by atoms with Gasteiger partial charge in [-0.3, -0.25) is 9.59 Å². The van der Waals surface area contributed by atoms with Gasteiger partial charge in [0.1, 0.15) is 12.6 Å². The van der Waals surface area contributed by atoms with Crippen LogP contribution in [0.1, 0.15) is 30.0 Å². The molecule has 0 aromatic heterocycles. The number of hydrogen-bond donors (Lipinski definition) is 2. The third-order valence-electron chi connectivity index (χ3n) is 3.93. The molecule has 106 valence electrons. The first-order chi connectivity index (χ1) is 9.56. The number of nitrogens with two attached hydrogens (primary N) is 1. The lowest BCUT2D eigenvalue weighted by Gasteiger charge is -2.17. The predicted octanol–water partition coefficient (Wildman–Crippen LogP) is 0.868. The van der Waals surface area contributed by atoms with Gasteiger partial charge < -0.3 is 16.0 Å². The normalized spacial score (nSPS) is 21.0. The number of amides is 2. The predicted molar refractivity (Wildman–Crippen MR) is 76.2 cm³/mol.